The Bertz CT molecular complexity index is 574. The fraction of sp³-hybridized carbons (Fsp3) is 0.188. The molecular formula is C16H16FNOS. The zero-order valence-electron chi connectivity index (χ0n) is 11.2. The molecule has 0 radical (unpaired) electrons. The molecule has 104 valence electrons. The van der Waals surface area contributed by atoms with Crippen LogP contribution < -0.4 is 5.32 Å². The first-order chi connectivity index (χ1) is 9.65. The second kappa shape index (κ2) is 7.10. The Morgan fingerprint density at radius 2 is 1.95 bits per heavy atom. The number of rotatable bonds is 5. The number of hydrogen-bond donors (Lipinski definition) is 1. The van der Waals surface area contributed by atoms with Gasteiger partial charge in [-0.25, -0.2) is 4.39 Å². The molecule has 0 aliphatic rings. The van der Waals surface area contributed by atoms with Crippen LogP contribution in [0.15, 0.2) is 59.5 Å². The van der Waals surface area contributed by atoms with Crippen molar-refractivity contribution in [3.05, 3.63) is 60.4 Å². The maximum Gasteiger partial charge on any atom is 0.228 e. The van der Waals surface area contributed by atoms with Gasteiger partial charge in [-0.2, -0.15) is 0 Å². The van der Waals surface area contributed by atoms with Gasteiger partial charge in [-0.05, 0) is 30.3 Å². The van der Waals surface area contributed by atoms with Gasteiger partial charge in [-0.1, -0.05) is 31.2 Å². The highest BCUT2D eigenvalue weighted by atomic mass is 32.2. The summed E-state index contributed by atoms with van der Waals surface area (Å²) in [6.45, 7) is 1.87. The van der Waals surface area contributed by atoms with Crippen molar-refractivity contribution in [1.29, 1.82) is 0 Å². The van der Waals surface area contributed by atoms with E-state index in [1.54, 1.807) is 23.9 Å². The zero-order chi connectivity index (χ0) is 14.4. The Kier molecular flexibility index (Phi) is 5.18. The number of benzene rings is 2. The SMILES string of the molecule is CC(CSc1ccccc1)C(=O)Nc1cccc(F)c1. The van der Waals surface area contributed by atoms with E-state index in [-0.39, 0.29) is 17.6 Å². The van der Waals surface area contributed by atoms with E-state index in [0.717, 1.165) is 4.90 Å². The molecule has 0 spiro atoms. The molecule has 2 nitrogen and oxygen atoms in total. The van der Waals surface area contributed by atoms with Gasteiger partial charge in [0.2, 0.25) is 5.91 Å². The normalized spacial score (nSPS) is 11.9. The minimum Gasteiger partial charge on any atom is -0.326 e. The van der Waals surface area contributed by atoms with Gasteiger partial charge in [-0.15, -0.1) is 11.8 Å². The van der Waals surface area contributed by atoms with Gasteiger partial charge >= 0.3 is 0 Å². The Labute approximate surface area is 122 Å². The third-order valence-electron chi connectivity index (χ3n) is 2.78. The minimum atomic E-state index is -0.353. The number of amides is 1. The van der Waals surface area contributed by atoms with Gasteiger partial charge in [0.1, 0.15) is 5.82 Å². The summed E-state index contributed by atoms with van der Waals surface area (Å²) in [5.41, 5.74) is 0.492. The van der Waals surface area contributed by atoms with Gasteiger partial charge in [-0.3, -0.25) is 4.79 Å². The number of halogens is 1. The van der Waals surface area contributed by atoms with Crippen molar-refractivity contribution in [2.24, 2.45) is 5.92 Å². The van der Waals surface area contributed by atoms with Gasteiger partial charge in [0.05, 0.1) is 0 Å². The molecule has 0 saturated heterocycles. The first kappa shape index (κ1) is 14.6. The smallest absolute Gasteiger partial charge is 0.228 e. The molecule has 0 heterocycles. The van der Waals surface area contributed by atoms with Gasteiger partial charge < -0.3 is 5.32 Å². The molecule has 0 aliphatic carbocycles. The van der Waals surface area contributed by atoms with Crippen molar-refractivity contribution >= 4 is 23.4 Å². The first-order valence-corrected chi connectivity index (χ1v) is 7.38. The lowest BCUT2D eigenvalue weighted by Gasteiger charge is -2.12. The fourth-order valence-corrected chi connectivity index (χ4v) is 2.59. The molecule has 2 aromatic carbocycles. The van der Waals surface area contributed by atoms with Crippen LogP contribution in [0, 0.1) is 11.7 Å². The molecule has 1 amide bonds. The number of hydrogen-bond acceptors (Lipinski definition) is 2. The van der Waals surface area contributed by atoms with Gasteiger partial charge in [0.15, 0.2) is 0 Å². The van der Waals surface area contributed by atoms with Gasteiger partial charge in [0.25, 0.3) is 0 Å². The molecule has 0 bridgehead atoms. The Morgan fingerprint density at radius 1 is 1.20 bits per heavy atom. The summed E-state index contributed by atoms with van der Waals surface area (Å²) in [6.07, 6.45) is 0. The van der Waals surface area contributed by atoms with Crippen LogP contribution in [0.1, 0.15) is 6.92 Å². The summed E-state index contributed by atoms with van der Waals surface area (Å²) in [5, 5.41) is 2.73. The van der Waals surface area contributed by atoms with Crippen LogP contribution in [0.5, 0.6) is 0 Å². The van der Waals surface area contributed by atoms with Crippen LogP contribution in [0.4, 0.5) is 10.1 Å². The summed E-state index contributed by atoms with van der Waals surface area (Å²) < 4.78 is 13.0. The van der Waals surface area contributed by atoms with E-state index < -0.39 is 0 Å². The molecule has 1 atom stereocenters. The van der Waals surface area contributed by atoms with Crippen molar-refractivity contribution in [2.45, 2.75) is 11.8 Å². The predicted molar refractivity (Wildman–Crippen MR) is 81.4 cm³/mol. The molecule has 0 saturated carbocycles. The average Bonchev–Trinajstić information content (AvgIpc) is 2.46. The van der Waals surface area contributed by atoms with E-state index in [2.05, 4.69) is 5.32 Å². The van der Waals surface area contributed by atoms with Crippen LogP contribution in [-0.4, -0.2) is 11.7 Å². The summed E-state index contributed by atoms with van der Waals surface area (Å²) in [5.74, 6) is 0.0853. The summed E-state index contributed by atoms with van der Waals surface area (Å²) in [7, 11) is 0. The monoisotopic (exact) mass is 289 g/mol. The Hall–Kier alpha value is -1.81. The van der Waals surface area contributed by atoms with E-state index in [4.69, 9.17) is 0 Å². The molecule has 4 heteroatoms. The molecule has 0 aliphatic heterocycles. The number of carbonyl (C=O) groups is 1. The van der Waals surface area contributed by atoms with Crippen molar-refractivity contribution in [2.75, 3.05) is 11.1 Å². The van der Waals surface area contributed by atoms with E-state index in [9.17, 15) is 9.18 Å². The molecular weight excluding hydrogens is 273 g/mol. The Balaban J connectivity index is 1.86. The quantitative estimate of drug-likeness (QED) is 0.836. The number of thioether (sulfide) groups is 1. The first-order valence-electron chi connectivity index (χ1n) is 6.39. The van der Waals surface area contributed by atoms with E-state index in [1.165, 1.54) is 12.1 Å². The fourth-order valence-electron chi connectivity index (χ4n) is 1.65. The topological polar surface area (TPSA) is 29.1 Å². The zero-order valence-corrected chi connectivity index (χ0v) is 12.0. The van der Waals surface area contributed by atoms with Crippen molar-refractivity contribution in [3.8, 4) is 0 Å². The lowest BCUT2D eigenvalue weighted by atomic mass is 10.2. The van der Waals surface area contributed by atoms with E-state index in [0.29, 0.717) is 11.4 Å². The molecule has 2 rings (SSSR count). The van der Waals surface area contributed by atoms with Crippen LogP contribution in [-0.2, 0) is 4.79 Å². The number of carbonyl (C=O) groups excluding carboxylic acids is 1. The van der Waals surface area contributed by atoms with E-state index >= 15 is 0 Å². The highest BCUT2D eigenvalue weighted by molar-refractivity contribution is 7.99. The maximum absolute atomic E-state index is 13.0. The largest absolute Gasteiger partial charge is 0.326 e. The number of nitrogens with one attached hydrogen (secondary N) is 1. The molecule has 0 aromatic heterocycles. The summed E-state index contributed by atoms with van der Waals surface area (Å²) >= 11 is 1.64. The minimum absolute atomic E-state index is 0.0981. The Morgan fingerprint density at radius 3 is 2.65 bits per heavy atom. The number of anilines is 1. The maximum atomic E-state index is 13.0. The highest BCUT2D eigenvalue weighted by Gasteiger charge is 2.13. The second-order valence-corrected chi connectivity index (χ2v) is 5.62. The predicted octanol–water partition coefficient (Wildman–Crippen LogP) is 4.19. The van der Waals surface area contributed by atoms with Gasteiger partial charge in [0, 0.05) is 22.3 Å². The van der Waals surface area contributed by atoms with Crippen LogP contribution in [0.25, 0.3) is 0 Å². The van der Waals surface area contributed by atoms with Crippen LogP contribution in [0.3, 0.4) is 0 Å². The highest BCUT2D eigenvalue weighted by Crippen LogP contribution is 2.21. The van der Waals surface area contributed by atoms with Crippen LogP contribution in [0.2, 0.25) is 0 Å². The lowest BCUT2D eigenvalue weighted by Crippen LogP contribution is -2.22. The second-order valence-electron chi connectivity index (χ2n) is 4.52. The summed E-state index contributed by atoms with van der Waals surface area (Å²) in [6, 6.07) is 15.9. The van der Waals surface area contributed by atoms with Crippen LogP contribution >= 0.6 is 11.8 Å². The molecule has 1 unspecified atom stereocenters. The summed E-state index contributed by atoms with van der Waals surface area (Å²) in [4.78, 5) is 13.1. The van der Waals surface area contributed by atoms with E-state index in [1.807, 2.05) is 37.3 Å². The molecule has 2 aromatic rings. The molecule has 1 N–H and O–H groups in total. The standard InChI is InChI=1S/C16H16FNOS/c1-12(11-20-15-8-3-2-4-9-15)16(19)18-14-7-5-6-13(17)10-14/h2-10,12H,11H2,1H3,(H,18,19). The lowest BCUT2D eigenvalue weighted by molar-refractivity contribution is -0.118. The average molecular weight is 289 g/mol. The van der Waals surface area contributed by atoms with Crippen molar-refractivity contribution in [3.63, 3.8) is 0 Å². The van der Waals surface area contributed by atoms with Crippen molar-refractivity contribution in [1.82, 2.24) is 0 Å². The molecule has 20 heavy (non-hydrogen) atoms. The van der Waals surface area contributed by atoms with Crippen molar-refractivity contribution < 1.29 is 9.18 Å². The third kappa shape index (κ3) is 4.38. The molecule has 0 fully saturated rings. The third-order valence-corrected chi connectivity index (χ3v) is 4.06.